The zero-order chi connectivity index (χ0) is 13.9. The monoisotopic (exact) mass is 282 g/mol. The Kier molecular flexibility index (Phi) is 4.45. The summed E-state index contributed by atoms with van der Waals surface area (Å²) in [5.74, 6) is -0.0629. The van der Waals surface area contributed by atoms with E-state index in [0.717, 1.165) is 36.5 Å². The van der Waals surface area contributed by atoms with E-state index in [4.69, 9.17) is 0 Å². The Morgan fingerprint density at radius 3 is 2.68 bits per heavy atom. The van der Waals surface area contributed by atoms with Crippen molar-refractivity contribution in [1.82, 2.24) is 4.98 Å². The number of aliphatic carboxylic acids is 1. The summed E-state index contributed by atoms with van der Waals surface area (Å²) in [4.78, 5) is 16.1. The van der Waals surface area contributed by atoms with Gasteiger partial charge in [0.25, 0.3) is 0 Å². The van der Waals surface area contributed by atoms with Crippen LogP contribution in [0.4, 0.5) is 5.13 Å². The molecule has 0 radical (unpaired) electrons. The van der Waals surface area contributed by atoms with Gasteiger partial charge in [0.2, 0.25) is 0 Å². The van der Waals surface area contributed by atoms with Crippen LogP contribution >= 0.6 is 11.3 Å². The molecule has 1 aliphatic rings. The number of carboxylic acid groups (broad SMARTS) is 1. The van der Waals surface area contributed by atoms with E-state index < -0.39 is 11.5 Å². The number of nitrogens with zero attached hydrogens (tertiary/aromatic N) is 1. The van der Waals surface area contributed by atoms with Gasteiger partial charge in [0, 0.05) is 5.38 Å². The number of anilines is 1. The molecule has 1 aromatic rings. The predicted octanol–water partition coefficient (Wildman–Crippen LogP) is 3.54. The smallest absolute Gasteiger partial charge is 0.329 e. The highest BCUT2D eigenvalue weighted by molar-refractivity contribution is 7.13. The summed E-state index contributed by atoms with van der Waals surface area (Å²) in [5, 5.41) is 15.5. The average Bonchev–Trinajstić information content (AvgIpc) is 2.87. The molecule has 0 amide bonds. The Labute approximate surface area is 118 Å². The SMILES string of the molecule is CCc1csc(NC2(C(=O)O)CCC(CC)CC2)n1. The van der Waals surface area contributed by atoms with Crippen LogP contribution in [0.25, 0.3) is 0 Å². The van der Waals surface area contributed by atoms with Crippen molar-refractivity contribution in [3.63, 3.8) is 0 Å². The van der Waals surface area contributed by atoms with Crippen LogP contribution in [-0.4, -0.2) is 21.6 Å². The van der Waals surface area contributed by atoms with Gasteiger partial charge in [-0.05, 0) is 38.0 Å². The highest BCUT2D eigenvalue weighted by atomic mass is 32.1. The van der Waals surface area contributed by atoms with Gasteiger partial charge in [0.1, 0.15) is 5.54 Å². The van der Waals surface area contributed by atoms with Gasteiger partial charge in [-0.15, -0.1) is 11.3 Å². The van der Waals surface area contributed by atoms with Gasteiger partial charge in [0.15, 0.2) is 5.13 Å². The first kappa shape index (κ1) is 14.3. The lowest BCUT2D eigenvalue weighted by Gasteiger charge is -2.37. The minimum absolute atomic E-state index is 0.678. The Bertz CT molecular complexity index is 436. The molecule has 0 aliphatic heterocycles. The lowest BCUT2D eigenvalue weighted by Crippen LogP contribution is -2.49. The molecule has 0 aromatic carbocycles. The summed E-state index contributed by atoms with van der Waals surface area (Å²) in [6.07, 6.45) is 5.40. The first-order valence-electron chi connectivity index (χ1n) is 7.05. The number of aromatic nitrogens is 1. The Morgan fingerprint density at radius 2 is 2.21 bits per heavy atom. The molecular weight excluding hydrogens is 260 g/mol. The normalized spacial score (nSPS) is 27.2. The molecule has 1 heterocycles. The van der Waals surface area contributed by atoms with Crippen LogP contribution in [0.2, 0.25) is 0 Å². The molecule has 19 heavy (non-hydrogen) atoms. The van der Waals surface area contributed by atoms with Gasteiger partial charge in [-0.1, -0.05) is 20.3 Å². The third-order valence-corrected chi connectivity index (χ3v) is 5.01. The van der Waals surface area contributed by atoms with E-state index in [1.807, 2.05) is 5.38 Å². The maximum absolute atomic E-state index is 11.7. The van der Waals surface area contributed by atoms with Crippen molar-refractivity contribution in [3.8, 4) is 0 Å². The van der Waals surface area contributed by atoms with Crippen LogP contribution < -0.4 is 5.32 Å². The molecule has 0 saturated heterocycles. The number of rotatable bonds is 5. The molecule has 106 valence electrons. The number of thiazole rings is 1. The number of hydrogen-bond acceptors (Lipinski definition) is 4. The molecule has 4 nitrogen and oxygen atoms in total. The molecule has 5 heteroatoms. The van der Waals surface area contributed by atoms with Crippen LogP contribution in [0.1, 0.15) is 51.6 Å². The number of carboxylic acids is 1. The molecule has 1 fully saturated rings. The van der Waals surface area contributed by atoms with E-state index in [1.165, 1.54) is 11.3 Å². The van der Waals surface area contributed by atoms with E-state index in [2.05, 4.69) is 24.1 Å². The molecular formula is C14H22N2O2S. The van der Waals surface area contributed by atoms with Crippen molar-refractivity contribution >= 4 is 22.4 Å². The summed E-state index contributed by atoms with van der Waals surface area (Å²) in [5.41, 5.74) is 0.212. The fourth-order valence-corrected chi connectivity index (χ4v) is 3.59. The van der Waals surface area contributed by atoms with E-state index in [1.54, 1.807) is 0 Å². The van der Waals surface area contributed by atoms with Gasteiger partial charge >= 0.3 is 5.97 Å². The standard InChI is InChI=1S/C14H22N2O2S/c1-3-10-5-7-14(8-6-10,12(17)18)16-13-15-11(4-2)9-19-13/h9-10H,3-8H2,1-2H3,(H,15,16)(H,17,18). The molecule has 0 bridgehead atoms. The molecule has 2 N–H and O–H groups in total. The number of hydrogen-bond donors (Lipinski definition) is 2. The number of aryl methyl sites for hydroxylation is 1. The minimum Gasteiger partial charge on any atom is -0.480 e. The molecule has 1 saturated carbocycles. The van der Waals surface area contributed by atoms with Gasteiger partial charge < -0.3 is 10.4 Å². The topological polar surface area (TPSA) is 62.2 Å². The van der Waals surface area contributed by atoms with E-state index >= 15 is 0 Å². The third kappa shape index (κ3) is 3.08. The van der Waals surface area contributed by atoms with Crippen molar-refractivity contribution in [2.75, 3.05) is 5.32 Å². The Balaban J connectivity index is 2.10. The minimum atomic E-state index is -0.811. The van der Waals surface area contributed by atoms with E-state index in [0.29, 0.717) is 18.8 Å². The van der Waals surface area contributed by atoms with Crippen LogP contribution in [0, 0.1) is 5.92 Å². The second-order valence-electron chi connectivity index (χ2n) is 5.36. The van der Waals surface area contributed by atoms with Crippen molar-refractivity contribution in [3.05, 3.63) is 11.1 Å². The van der Waals surface area contributed by atoms with Gasteiger partial charge in [-0.25, -0.2) is 9.78 Å². The van der Waals surface area contributed by atoms with Crippen molar-refractivity contribution in [2.24, 2.45) is 5.92 Å². The summed E-state index contributed by atoms with van der Waals surface area (Å²) < 4.78 is 0. The van der Waals surface area contributed by atoms with Gasteiger partial charge in [-0.2, -0.15) is 0 Å². The summed E-state index contributed by atoms with van der Waals surface area (Å²) in [7, 11) is 0. The van der Waals surface area contributed by atoms with Crippen LogP contribution in [0.3, 0.4) is 0 Å². The molecule has 1 aromatic heterocycles. The zero-order valence-corrected chi connectivity index (χ0v) is 12.4. The summed E-state index contributed by atoms with van der Waals surface area (Å²) >= 11 is 1.50. The molecule has 0 spiro atoms. The van der Waals surface area contributed by atoms with Crippen molar-refractivity contribution in [1.29, 1.82) is 0 Å². The van der Waals surface area contributed by atoms with Crippen LogP contribution in [0.15, 0.2) is 5.38 Å². The van der Waals surface area contributed by atoms with E-state index in [-0.39, 0.29) is 0 Å². The lowest BCUT2D eigenvalue weighted by atomic mass is 9.75. The molecule has 2 rings (SSSR count). The highest BCUT2D eigenvalue weighted by Gasteiger charge is 2.42. The largest absolute Gasteiger partial charge is 0.480 e. The second kappa shape index (κ2) is 5.90. The predicted molar refractivity (Wildman–Crippen MR) is 77.7 cm³/mol. The number of carbonyl (C=O) groups is 1. The summed E-state index contributed by atoms with van der Waals surface area (Å²) in [6, 6.07) is 0. The van der Waals surface area contributed by atoms with E-state index in [9.17, 15) is 9.90 Å². The zero-order valence-electron chi connectivity index (χ0n) is 11.6. The third-order valence-electron chi connectivity index (χ3n) is 4.21. The molecule has 1 aliphatic carbocycles. The average molecular weight is 282 g/mol. The first-order valence-corrected chi connectivity index (χ1v) is 7.93. The highest BCUT2D eigenvalue weighted by Crippen LogP contribution is 2.37. The fraction of sp³-hybridized carbons (Fsp3) is 0.714. The maximum atomic E-state index is 11.7. The molecule has 0 atom stereocenters. The Morgan fingerprint density at radius 1 is 1.53 bits per heavy atom. The van der Waals surface area contributed by atoms with Crippen LogP contribution in [0.5, 0.6) is 0 Å². The first-order chi connectivity index (χ1) is 9.09. The van der Waals surface area contributed by atoms with Crippen LogP contribution in [-0.2, 0) is 11.2 Å². The molecule has 0 unspecified atom stereocenters. The maximum Gasteiger partial charge on any atom is 0.329 e. The van der Waals surface area contributed by atoms with Gasteiger partial charge in [0.05, 0.1) is 5.69 Å². The summed E-state index contributed by atoms with van der Waals surface area (Å²) in [6.45, 7) is 4.23. The second-order valence-corrected chi connectivity index (χ2v) is 6.22. The van der Waals surface area contributed by atoms with Gasteiger partial charge in [-0.3, -0.25) is 0 Å². The van der Waals surface area contributed by atoms with Crippen molar-refractivity contribution in [2.45, 2.75) is 57.9 Å². The quantitative estimate of drug-likeness (QED) is 0.867. The lowest BCUT2D eigenvalue weighted by molar-refractivity contribution is -0.143. The van der Waals surface area contributed by atoms with Crippen molar-refractivity contribution < 1.29 is 9.90 Å². The fourth-order valence-electron chi connectivity index (χ4n) is 2.70. The number of nitrogens with one attached hydrogen (secondary N) is 1. The Hall–Kier alpha value is -1.10.